The minimum atomic E-state index is -4.64. The molecule has 0 radical (unpaired) electrons. The number of amides is 2. The van der Waals surface area contributed by atoms with Gasteiger partial charge >= 0.3 is 18.2 Å². The predicted molar refractivity (Wildman–Crippen MR) is 69.2 cm³/mol. The third-order valence-electron chi connectivity index (χ3n) is 4.41. The molecule has 1 heterocycles. The van der Waals surface area contributed by atoms with Gasteiger partial charge in [-0.2, -0.15) is 13.2 Å². The molecular formula is C13H19F3N2O4. The van der Waals surface area contributed by atoms with Crippen LogP contribution in [0.25, 0.3) is 0 Å². The van der Waals surface area contributed by atoms with Gasteiger partial charge in [-0.3, -0.25) is 4.79 Å². The summed E-state index contributed by atoms with van der Waals surface area (Å²) in [6.07, 6.45) is -2.44. The number of urea groups is 1. The summed E-state index contributed by atoms with van der Waals surface area (Å²) in [7, 11) is 1.52. The molecule has 0 aromatic rings. The van der Waals surface area contributed by atoms with Crippen molar-refractivity contribution < 1.29 is 32.6 Å². The van der Waals surface area contributed by atoms with Crippen LogP contribution in [0.4, 0.5) is 18.0 Å². The number of carboxylic acids is 1. The van der Waals surface area contributed by atoms with E-state index in [1.54, 1.807) is 0 Å². The number of nitrogens with zero attached hydrogens (tertiary/aromatic N) is 1. The second-order valence-electron chi connectivity index (χ2n) is 5.76. The van der Waals surface area contributed by atoms with Gasteiger partial charge in [-0.15, -0.1) is 0 Å². The third-order valence-corrected chi connectivity index (χ3v) is 4.41. The van der Waals surface area contributed by atoms with E-state index >= 15 is 0 Å². The van der Waals surface area contributed by atoms with Crippen molar-refractivity contribution in [1.82, 2.24) is 10.2 Å². The first-order valence-corrected chi connectivity index (χ1v) is 7.11. The van der Waals surface area contributed by atoms with Crippen LogP contribution >= 0.6 is 0 Å². The summed E-state index contributed by atoms with van der Waals surface area (Å²) in [4.78, 5) is 24.0. The minimum Gasteiger partial charge on any atom is -0.481 e. The van der Waals surface area contributed by atoms with Gasteiger partial charge in [0.1, 0.15) is 0 Å². The molecule has 4 atom stereocenters. The van der Waals surface area contributed by atoms with E-state index in [4.69, 9.17) is 9.84 Å². The fourth-order valence-electron chi connectivity index (χ4n) is 3.17. The maximum absolute atomic E-state index is 12.9. The zero-order valence-corrected chi connectivity index (χ0v) is 12.1. The Labute approximate surface area is 125 Å². The Kier molecular flexibility index (Phi) is 4.84. The van der Waals surface area contributed by atoms with Crippen molar-refractivity contribution in [2.75, 3.05) is 20.2 Å². The average Bonchev–Trinajstić information content (AvgIpc) is 3.03. The van der Waals surface area contributed by atoms with Crippen molar-refractivity contribution in [2.24, 2.45) is 11.8 Å². The number of hydrogen-bond acceptors (Lipinski definition) is 3. The zero-order valence-electron chi connectivity index (χ0n) is 12.1. The molecule has 0 bridgehead atoms. The second kappa shape index (κ2) is 6.31. The first-order chi connectivity index (χ1) is 10.2. The highest BCUT2D eigenvalue weighted by Gasteiger charge is 2.53. The number of hydrogen-bond donors (Lipinski definition) is 2. The largest absolute Gasteiger partial charge is 0.481 e. The van der Waals surface area contributed by atoms with Crippen LogP contribution in [0.5, 0.6) is 0 Å². The van der Waals surface area contributed by atoms with E-state index in [2.05, 4.69) is 5.32 Å². The van der Waals surface area contributed by atoms with Gasteiger partial charge < -0.3 is 20.1 Å². The molecule has 2 aliphatic rings. The molecule has 0 spiro atoms. The number of ether oxygens (including phenoxy) is 1. The predicted octanol–water partition coefficient (Wildman–Crippen LogP) is 1.46. The summed E-state index contributed by atoms with van der Waals surface area (Å²) < 4.78 is 43.9. The van der Waals surface area contributed by atoms with Crippen molar-refractivity contribution in [2.45, 2.75) is 37.6 Å². The van der Waals surface area contributed by atoms with Crippen molar-refractivity contribution >= 4 is 12.0 Å². The standard InChI is InChI=1S/C13H19F3N2O4/c1-22-10-4-2-3-9(10)17-12(21)18-5-7(11(19)20)8(6-18)13(14,15)16/h7-10H,2-6H2,1H3,(H,17,21)(H,19,20)/t7-,8-,9-,10-/m1/s1. The molecule has 0 aromatic carbocycles. The Morgan fingerprint density at radius 2 is 1.95 bits per heavy atom. The monoisotopic (exact) mass is 324 g/mol. The highest BCUT2D eigenvalue weighted by molar-refractivity contribution is 5.78. The molecule has 6 nitrogen and oxygen atoms in total. The molecule has 22 heavy (non-hydrogen) atoms. The van der Waals surface area contributed by atoms with Crippen LogP contribution in [-0.4, -0.2) is 60.5 Å². The zero-order chi connectivity index (χ0) is 16.5. The summed E-state index contributed by atoms with van der Waals surface area (Å²) in [5, 5.41) is 11.6. The van der Waals surface area contributed by atoms with Crippen molar-refractivity contribution in [3.63, 3.8) is 0 Å². The molecule has 1 saturated carbocycles. The van der Waals surface area contributed by atoms with Crippen LogP contribution in [0.3, 0.4) is 0 Å². The number of carbonyl (C=O) groups is 2. The first-order valence-electron chi connectivity index (χ1n) is 7.11. The summed E-state index contributed by atoms with van der Waals surface area (Å²) >= 11 is 0. The number of nitrogens with one attached hydrogen (secondary N) is 1. The average molecular weight is 324 g/mol. The van der Waals surface area contributed by atoms with Gasteiger partial charge in [0.15, 0.2) is 0 Å². The normalized spacial score (nSPS) is 32.3. The highest BCUT2D eigenvalue weighted by Crippen LogP contribution is 2.37. The summed E-state index contributed by atoms with van der Waals surface area (Å²) in [5.41, 5.74) is 0. The Balaban J connectivity index is 2.01. The van der Waals surface area contributed by atoms with Crippen LogP contribution in [0.1, 0.15) is 19.3 Å². The van der Waals surface area contributed by atoms with Gasteiger partial charge in [-0.05, 0) is 19.3 Å². The van der Waals surface area contributed by atoms with Crippen molar-refractivity contribution in [3.05, 3.63) is 0 Å². The number of carbonyl (C=O) groups excluding carboxylic acids is 1. The number of halogens is 3. The number of carboxylic acid groups (broad SMARTS) is 1. The fourth-order valence-corrected chi connectivity index (χ4v) is 3.17. The molecule has 2 N–H and O–H groups in total. The fraction of sp³-hybridized carbons (Fsp3) is 0.846. The Bertz CT molecular complexity index is 443. The van der Waals surface area contributed by atoms with Crippen LogP contribution in [0.15, 0.2) is 0 Å². The van der Waals surface area contributed by atoms with E-state index in [0.717, 1.165) is 17.7 Å². The maximum Gasteiger partial charge on any atom is 0.394 e. The lowest BCUT2D eigenvalue weighted by Gasteiger charge is -2.24. The van der Waals surface area contributed by atoms with Crippen LogP contribution in [-0.2, 0) is 9.53 Å². The van der Waals surface area contributed by atoms with Crippen molar-refractivity contribution in [1.29, 1.82) is 0 Å². The Morgan fingerprint density at radius 1 is 1.27 bits per heavy atom. The smallest absolute Gasteiger partial charge is 0.394 e. The van der Waals surface area contributed by atoms with E-state index in [1.807, 2.05) is 0 Å². The van der Waals surface area contributed by atoms with Gasteiger partial charge in [-0.25, -0.2) is 4.79 Å². The molecular weight excluding hydrogens is 305 g/mol. The van der Waals surface area contributed by atoms with E-state index in [9.17, 15) is 22.8 Å². The molecule has 1 aliphatic carbocycles. The third kappa shape index (κ3) is 3.45. The molecule has 2 fully saturated rings. The quantitative estimate of drug-likeness (QED) is 0.824. The SMILES string of the molecule is CO[C@@H]1CCC[C@H]1NC(=O)N1C[C@@H](C(F)(F)F)[C@H](C(=O)O)C1. The van der Waals surface area contributed by atoms with E-state index in [1.165, 1.54) is 7.11 Å². The lowest BCUT2D eigenvalue weighted by atomic mass is 9.96. The number of aliphatic carboxylic acids is 1. The molecule has 1 aliphatic heterocycles. The minimum absolute atomic E-state index is 0.153. The van der Waals surface area contributed by atoms with Gasteiger partial charge in [0.25, 0.3) is 0 Å². The maximum atomic E-state index is 12.9. The molecule has 9 heteroatoms. The number of methoxy groups -OCH3 is 1. The van der Waals surface area contributed by atoms with Crippen LogP contribution in [0, 0.1) is 11.8 Å². The first kappa shape index (κ1) is 16.9. The molecule has 2 amide bonds. The number of alkyl halides is 3. The van der Waals surface area contributed by atoms with E-state index in [-0.39, 0.29) is 12.1 Å². The van der Waals surface area contributed by atoms with Crippen LogP contribution < -0.4 is 5.32 Å². The molecule has 0 unspecified atom stereocenters. The lowest BCUT2D eigenvalue weighted by molar-refractivity contribution is -0.187. The molecule has 1 saturated heterocycles. The number of rotatable bonds is 3. The second-order valence-corrected chi connectivity index (χ2v) is 5.76. The van der Waals surface area contributed by atoms with Gasteiger partial charge in [0.05, 0.1) is 24.0 Å². The van der Waals surface area contributed by atoms with Crippen LogP contribution in [0.2, 0.25) is 0 Å². The summed E-state index contributed by atoms with van der Waals surface area (Å²) in [5.74, 6) is -5.18. The molecule has 126 valence electrons. The Morgan fingerprint density at radius 3 is 2.45 bits per heavy atom. The summed E-state index contributed by atoms with van der Waals surface area (Å²) in [6, 6.07) is -0.905. The molecule has 2 rings (SSSR count). The summed E-state index contributed by atoms with van der Waals surface area (Å²) in [6.45, 7) is -1.06. The molecule has 0 aromatic heterocycles. The van der Waals surface area contributed by atoms with E-state index in [0.29, 0.717) is 6.42 Å². The van der Waals surface area contributed by atoms with Gasteiger partial charge in [0.2, 0.25) is 0 Å². The van der Waals surface area contributed by atoms with Gasteiger partial charge in [-0.1, -0.05) is 0 Å². The van der Waals surface area contributed by atoms with E-state index < -0.39 is 43.1 Å². The van der Waals surface area contributed by atoms with Crippen molar-refractivity contribution in [3.8, 4) is 0 Å². The topological polar surface area (TPSA) is 78.9 Å². The highest BCUT2D eigenvalue weighted by atomic mass is 19.4. The lowest BCUT2D eigenvalue weighted by Crippen LogP contribution is -2.47. The van der Waals surface area contributed by atoms with Gasteiger partial charge in [0, 0.05) is 20.2 Å². The Hall–Kier alpha value is -1.51. The number of likely N-dealkylation sites (tertiary alicyclic amines) is 1.